The molecule has 0 radical (unpaired) electrons. The molecule has 1 aromatic carbocycles. The molecular formula is C21H24N6O4S. The van der Waals surface area contributed by atoms with Gasteiger partial charge in [-0.15, -0.1) is 4.36 Å². The molecule has 0 fully saturated rings. The number of benzene rings is 1. The molecule has 10 nitrogen and oxygen atoms in total. The van der Waals surface area contributed by atoms with Crippen LogP contribution in [-0.2, 0) is 15.3 Å². The Kier molecular flexibility index (Phi) is 8.06. The van der Waals surface area contributed by atoms with Crippen molar-refractivity contribution in [2.45, 2.75) is 24.8 Å². The van der Waals surface area contributed by atoms with E-state index < -0.39 is 16.7 Å². The first-order chi connectivity index (χ1) is 15.5. The second kappa shape index (κ2) is 11.2. The van der Waals surface area contributed by atoms with Gasteiger partial charge in [0, 0.05) is 29.0 Å². The number of anilines is 3. The van der Waals surface area contributed by atoms with Gasteiger partial charge in [-0.25, -0.2) is 14.0 Å². The zero-order valence-electron chi connectivity index (χ0n) is 17.6. The molecule has 168 valence electrons. The number of thiol groups is 1. The lowest BCUT2D eigenvalue weighted by Crippen LogP contribution is -2.21. The van der Waals surface area contributed by atoms with Gasteiger partial charge in [0.15, 0.2) is 0 Å². The summed E-state index contributed by atoms with van der Waals surface area (Å²) in [4.78, 5) is 25.0. The second-order valence-corrected chi connectivity index (χ2v) is 7.90. The van der Waals surface area contributed by atoms with E-state index in [2.05, 4.69) is 34.7 Å². The van der Waals surface area contributed by atoms with E-state index in [0.29, 0.717) is 33.6 Å². The van der Waals surface area contributed by atoms with Crippen molar-refractivity contribution < 1.29 is 18.8 Å². The summed E-state index contributed by atoms with van der Waals surface area (Å²) in [6.45, 7) is 3.59. The third kappa shape index (κ3) is 6.22. The lowest BCUT2D eigenvalue weighted by molar-refractivity contribution is 0.164. The van der Waals surface area contributed by atoms with Crippen LogP contribution in [0.15, 0.2) is 64.1 Å². The van der Waals surface area contributed by atoms with Crippen LogP contribution in [0.3, 0.4) is 0 Å². The molecule has 1 amide bonds. The Hall–Kier alpha value is -3.57. The normalized spacial score (nSPS) is 12.7. The van der Waals surface area contributed by atoms with Gasteiger partial charge in [-0.1, -0.05) is 6.07 Å². The van der Waals surface area contributed by atoms with Crippen LogP contribution in [0.1, 0.15) is 13.8 Å². The predicted octanol–water partition coefficient (Wildman–Crippen LogP) is 3.25. The number of nitrogens with one attached hydrogen (secondary N) is 2. The van der Waals surface area contributed by atoms with Crippen molar-refractivity contribution in [3.63, 3.8) is 0 Å². The van der Waals surface area contributed by atoms with Gasteiger partial charge in [0.2, 0.25) is 5.95 Å². The van der Waals surface area contributed by atoms with Gasteiger partial charge in [-0.2, -0.15) is 4.98 Å². The quantitative estimate of drug-likeness (QED) is 0.376. The fourth-order valence-electron chi connectivity index (χ4n) is 2.63. The lowest BCUT2D eigenvalue weighted by Gasteiger charge is -2.16. The molecule has 3 N–H and O–H groups in total. The topological polar surface area (TPSA) is 139 Å². The molecule has 32 heavy (non-hydrogen) atoms. The van der Waals surface area contributed by atoms with Crippen molar-refractivity contribution in [2.75, 3.05) is 23.8 Å². The smallest absolute Gasteiger partial charge is 0.441 e. The number of carbonyl (C=O) groups excluding carboxylic acids is 1. The predicted molar refractivity (Wildman–Crippen MR) is 122 cm³/mol. The van der Waals surface area contributed by atoms with Crippen LogP contribution in [0.2, 0.25) is 0 Å². The summed E-state index contributed by atoms with van der Waals surface area (Å²) >= 11 is 0. The lowest BCUT2D eigenvalue weighted by atomic mass is 10.2. The van der Waals surface area contributed by atoms with Gasteiger partial charge >= 0.3 is 6.09 Å². The number of aromatic nitrogens is 3. The molecule has 0 aliphatic heterocycles. The van der Waals surface area contributed by atoms with E-state index in [-0.39, 0.29) is 19.3 Å². The van der Waals surface area contributed by atoms with Crippen LogP contribution >= 0.6 is 0 Å². The summed E-state index contributed by atoms with van der Waals surface area (Å²) < 4.78 is 20.3. The minimum absolute atomic E-state index is 0.0646. The zero-order chi connectivity index (χ0) is 22.9. The number of rotatable bonds is 8. The van der Waals surface area contributed by atoms with Gasteiger partial charge < -0.3 is 20.5 Å². The summed E-state index contributed by atoms with van der Waals surface area (Å²) in [5.41, 5.74) is 2.05. The Morgan fingerprint density at radius 2 is 2.00 bits per heavy atom. The summed E-state index contributed by atoms with van der Waals surface area (Å²) in [6.07, 6.45) is 2.48. The number of hydrogen-bond acceptors (Lipinski definition) is 9. The number of hydrogen-bond donors (Lipinski definition) is 4. The van der Waals surface area contributed by atoms with E-state index >= 15 is 0 Å². The molecular weight excluding hydrogens is 432 g/mol. The monoisotopic (exact) mass is 456 g/mol. The fraction of sp³-hybridized carbons (Fsp3) is 0.238. The zero-order valence-corrected chi connectivity index (χ0v) is 18.5. The molecule has 0 aliphatic rings. The largest absolute Gasteiger partial charge is 0.448 e. The summed E-state index contributed by atoms with van der Waals surface area (Å²) in [5.74, 6) is 0.848. The third-order valence-electron chi connectivity index (χ3n) is 4.17. The highest BCUT2D eigenvalue weighted by Gasteiger charge is 2.13. The van der Waals surface area contributed by atoms with Crippen molar-refractivity contribution >= 4 is 34.1 Å². The van der Waals surface area contributed by atoms with Crippen molar-refractivity contribution in [3.05, 3.63) is 54.9 Å². The van der Waals surface area contributed by atoms with Gasteiger partial charge in [-0.05, 0) is 50.2 Å². The number of pyridine rings is 1. The Morgan fingerprint density at radius 1 is 1.22 bits per heavy atom. The van der Waals surface area contributed by atoms with Crippen LogP contribution in [0, 0.1) is 0 Å². The molecule has 11 heteroatoms. The average Bonchev–Trinajstić information content (AvgIpc) is 2.80. The number of ether oxygens (including phenoxy) is 1. The molecule has 2 atom stereocenters. The summed E-state index contributed by atoms with van der Waals surface area (Å²) in [7, 11) is -2.24. The first kappa shape index (κ1) is 23.1. The van der Waals surface area contributed by atoms with Crippen molar-refractivity contribution in [2.24, 2.45) is 4.36 Å². The van der Waals surface area contributed by atoms with Gasteiger partial charge in [0.05, 0.1) is 35.1 Å². The number of aliphatic hydroxyl groups excluding tert-OH is 1. The highest BCUT2D eigenvalue weighted by molar-refractivity contribution is 7.75. The molecule has 0 bridgehead atoms. The standard InChI is InChI=1S/C21H24N6O4S/c1-3-31-21(29)27-32(30)16-9-7-15(8-10-16)25-20-23-12-17(18-6-4-5-11-22-18)19(26-20)24-14(2)13-28/h4-12,14,28,32H,3,13H2,1-2H3,(H2,23,24,25,26)/t14-/m1/s1. The van der Waals surface area contributed by atoms with E-state index in [0.717, 1.165) is 0 Å². The molecule has 3 aromatic rings. The highest BCUT2D eigenvalue weighted by Crippen LogP contribution is 2.26. The van der Waals surface area contributed by atoms with Gasteiger partial charge in [-0.3, -0.25) is 4.98 Å². The molecule has 3 rings (SSSR count). The number of nitrogens with zero attached hydrogens (tertiary/aromatic N) is 4. The van der Waals surface area contributed by atoms with Gasteiger partial charge in [0.1, 0.15) is 5.82 Å². The SMILES string of the molecule is CCOC(=O)/N=[SH](=O)/c1ccc(Nc2ncc(-c3ccccn3)c(N[C@H](C)CO)n2)cc1. The van der Waals surface area contributed by atoms with E-state index in [1.54, 1.807) is 43.6 Å². The van der Waals surface area contributed by atoms with E-state index in [9.17, 15) is 14.1 Å². The van der Waals surface area contributed by atoms with Crippen LogP contribution in [-0.4, -0.2) is 49.6 Å². The van der Waals surface area contributed by atoms with E-state index in [1.165, 1.54) is 0 Å². The molecule has 2 heterocycles. The Balaban J connectivity index is 1.82. The Morgan fingerprint density at radius 3 is 2.66 bits per heavy atom. The second-order valence-electron chi connectivity index (χ2n) is 6.64. The summed E-state index contributed by atoms with van der Waals surface area (Å²) in [6, 6.07) is 11.9. The van der Waals surface area contributed by atoms with E-state index in [1.807, 2.05) is 25.1 Å². The van der Waals surface area contributed by atoms with Gasteiger partial charge in [0.25, 0.3) is 0 Å². The fourth-order valence-corrected chi connectivity index (χ4v) is 3.35. The Bertz CT molecular complexity index is 1130. The molecule has 2 aromatic heterocycles. The van der Waals surface area contributed by atoms with Crippen LogP contribution in [0.4, 0.5) is 22.2 Å². The van der Waals surface area contributed by atoms with E-state index in [4.69, 9.17) is 0 Å². The van der Waals surface area contributed by atoms with Crippen LogP contribution in [0.25, 0.3) is 11.3 Å². The molecule has 0 spiro atoms. The maximum absolute atomic E-state index is 12.1. The molecule has 0 aliphatic carbocycles. The first-order valence-electron chi connectivity index (χ1n) is 9.88. The first-order valence-corrected chi connectivity index (χ1v) is 11.1. The molecule has 0 saturated carbocycles. The maximum Gasteiger partial charge on any atom is 0.441 e. The minimum Gasteiger partial charge on any atom is -0.448 e. The van der Waals surface area contributed by atoms with Crippen LogP contribution in [0.5, 0.6) is 0 Å². The van der Waals surface area contributed by atoms with Crippen molar-refractivity contribution in [1.29, 1.82) is 0 Å². The minimum atomic E-state index is -2.24. The van der Waals surface area contributed by atoms with Crippen LogP contribution < -0.4 is 10.6 Å². The highest BCUT2D eigenvalue weighted by atomic mass is 32.2. The van der Waals surface area contributed by atoms with Crippen molar-refractivity contribution in [3.8, 4) is 11.3 Å². The molecule has 1 unspecified atom stereocenters. The number of amides is 1. The average molecular weight is 457 g/mol. The Labute approximate surface area is 187 Å². The number of carbonyl (C=O) groups is 1. The maximum atomic E-state index is 12.1. The molecule has 0 saturated heterocycles. The van der Waals surface area contributed by atoms with Crippen molar-refractivity contribution in [1.82, 2.24) is 15.0 Å². The summed E-state index contributed by atoms with van der Waals surface area (Å²) in [5, 5.41) is 15.7. The third-order valence-corrected chi connectivity index (χ3v) is 5.26. The number of aliphatic hydroxyl groups is 1.